The van der Waals surface area contributed by atoms with Gasteiger partial charge in [0.2, 0.25) is 5.95 Å². The molecule has 1 fully saturated rings. The van der Waals surface area contributed by atoms with Crippen molar-refractivity contribution in [2.45, 2.75) is 26.4 Å². The minimum atomic E-state index is -0.482. The fourth-order valence-electron chi connectivity index (χ4n) is 2.67. The number of rotatable bonds is 3. The number of amides is 1. The molecule has 1 amide bonds. The van der Waals surface area contributed by atoms with Crippen LogP contribution in [0.4, 0.5) is 22.2 Å². The van der Waals surface area contributed by atoms with Crippen molar-refractivity contribution in [2.75, 3.05) is 36.4 Å². The molecule has 7 nitrogen and oxygen atoms in total. The molecule has 0 saturated carbocycles. The fourth-order valence-corrected chi connectivity index (χ4v) is 2.93. The Bertz CT molecular complexity index is 783. The predicted octanol–water partition coefficient (Wildman–Crippen LogP) is 4.04. The first-order valence-corrected chi connectivity index (χ1v) is 9.68. The predicted molar refractivity (Wildman–Crippen MR) is 109 cm³/mol. The quantitative estimate of drug-likeness (QED) is 0.787. The van der Waals surface area contributed by atoms with E-state index in [1.807, 2.05) is 51.1 Å². The van der Waals surface area contributed by atoms with E-state index in [0.717, 1.165) is 16.0 Å². The summed E-state index contributed by atoms with van der Waals surface area (Å²) in [5.74, 6) is 1.39. The van der Waals surface area contributed by atoms with E-state index in [4.69, 9.17) is 4.74 Å². The molecule has 0 bridgehead atoms. The summed E-state index contributed by atoms with van der Waals surface area (Å²) in [5.41, 5.74) is 0.474. The van der Waals surface area contributed by atoms with Crippen molar-refractivity contribution >= 4 is 39.5 Å². The lowest BCUT2D eigenvalue weighted by atomic mass is 10.2. The SMILES string of the molecule is CC(C)(C)OC(=O)N1CCN(c2nccc(Nc3ccc(Br)cc3)n2)CC1. The van der Waals surface area contributed by atoms with E-state index in [1.165, 1.54) is 0 Å². The molecule has 27 heavy (non-hydrogen) atoms. The van der Waals surface area contributed by atoms with Gasteiger partial charge in [-0.1, -0.05) is 15.9 Å². The molecule has 1 aromatic heterocycles. The number of carbonyl (C=O) groups excluding carboxylic acids is 1. The van der Waals surface area contributed by atoms with Crippen molar-refractivity contribution < 1.29 is 9.53 Å². The first kappa shape index (κ1) is 19.4. The smallest absolute Gasteiger partial charge is 0.410 e. The second-order valence-electron chi connectivity index (χ2n) is 7.33. The molecule has 144 valence electrons. The zero-order chi connectivity index (χ0) is 19.4. The average Bonchev–Trinajstić information content (AvgIpc) is 2.63. The molecule has 0 atom stereocenters. The van der Waals surface area contributed by atoms with Gasteiger partial charge in [-0.05, 0) is 51.1 Å². The Morgan fingerprint density at radius 3 is 2.41 bits per heavy atom. The summed E-state index contributed by atoms with van der Waals surface area (Å²) in [7, 11) is 0. The van der Waals surface area contributed by atoms with Crippen LogP contribution < -0.4 is 10.2 Å². The van der Waals surface area contributed by atoms with Gasteiger partial charge in [0.25, 0.3) is 0 Å². The zero-order valence-corrected chi connectivity index (χ0v) is 17.4. The number of carbonyl (C=O) groups is 1. The van der Waals surface area contributed by atoms with Crippen LogP contribution in [0.5, 0.6) is 0 Å². The number of aromatic nitrogens is 2. The van der Waals surface area contributed by atoms with Crippen molar-refractivity contribution in [1.29, 1.82) is 0 Å². The minimum Gasteiger partial charge on any atom is -0.444 e. The third-order valence-electron chi connectivity index (χ3n) is 3.97. The Balaban J connectivity index is 1.60. The van der Waals surface area contributed by atoms with Crippen LogP contribution in [0.3, 0.4) is 0 Å². The monoisotopic (exact) mass is 433 g/mol. The van der Waals surface area contributed by atoms with E-state index in [2.05, 4.69) is 36.1 Å². The van der Waals surface area contributed by atoms with Crippen LogP contribution >= 0.6 is 15.9 Å². The number of nitrogens with zero attached hydrogens (tertiary/aromatic N) is 4. The molecule has 3 rings (SSSR count). The van der Waals surface area contributed by atoms with Crippen LogP contribution in [0.15, 0.2) is 41.0 Å². The number of nitrogens with one attached hydrogen (secondary N) is 1. The number of ether oxygens (including phenoxy) is 1. The maximum Gasteiger partial charge on any atom is 0.410 e. The van der Waals surface area contributed by atoms with Crippen LogP contribution in [0.2, 0.25) is 0 Å². The van der Waals surface area contributed by atoms with Crippen LogP contribution in [-0.4, -0.2) is 52.7 Å². The molecular formula is C19H24BrN5O2. The third kappa shape index (κ3) is 5.56. The van der Waals surface area contributed by atoms with Crippen LogP contribution in [0.25, 0.3) is 0 Å². The number of anilines is 3. The van der Waals surface area contributed by atoms with E-state index < -0.39 is 5.60 Å². The highest BCUT2D eigenvalue weighted by Crippen LogP contribution is 2.20. The van der Waals surface area contributed by atoms with Crippen molar-refractivity contribution in [1.82, 2.24) is 14.9 Å². The molecular weight excluding hydrogens is 410 g/mol. The molecule has 1 aromatic carbocycles. The van der Waals surface area contributed by atoms with Crippen molar-refractivity contribution in [3.05, 3.63) is 41.0 Å². The van der Waals surface area contributed by atoms with Crippen molar-refractivity contribution in [3.8, 4) is 0 Å². The maximum absolute atomic E-state index is 12.2. The van der Waals surface area contributed by atoms with Gasteiger partial charge in [-0.2, -0.15) is 4.98 Å². The van der Waals surface area contributed by atoms with Gasteiger partial charge >= 0.3 is 6.09 Å². The molecule has 1 aliphatic heterocycles. The summed E-state index contributed by atoms with van der Waals surface area (Å²) in [5, 5.41) is 3.28. The van der Waals surface area contributed by atoms with Crippen LogP contribution in [0, 0.1) is 0 Å². The summed E-state index contributed by atoms with van der Waals surface area (Å²) in [6.45, 7) is 8.13. The lowest BCUT2D eigenvalue weighted by molar-refractivity contribution is 0.0240. The van der Waals surface area contributed by atoms with Crippen molar-refractivity contribution in [2.24, 2.45) is 0 Å². The summed E-state index contributed by atoms with van der Waals surface area (Å²) in [6, 6.07) is 9.74. The number of piperazine rings is 1. The Hall–Kier alpha value is -2.35. The Labute approximate surface area is 167 Å². The van der Waals surface area contributed by atoms with Gasteiger partial charge < -0.3 is 19.9 Å². The highest BCUT2D eigenvalue weighted by Gasteiger charge is 2.26. The summed E-state index contributed by atoms with van der Waals surface area (Å²) in [4.78, 5) is 25.0. The molecule has 0 unspecified atom stereocenters. The van der Waals surface area contributed by atoms with Gasteiger partial charge in [0.1, 0.15) is 11.4 Å². The maximum atomic E-state index is 12.2. The second kappa shape index (κ2) is 8.12. The molecule has 1 aliphatic rings. The van der Waals surface area contributed by atoms with E-state index in [1.54, 1.807) is 11.1 Å². The molecule has 8 heteroatoms. The molecule has 1 N–H and O–H groups in total. The molecule has 2 heterocycles. The molecule has 2 aromatic rings. The van der Waals surface area contributed by atoms with E-state index in [9.17, 15) is 4.79 Å². The van der Waals surface area contributed by atoms with E-state index >= 15 is 0 Å². The average molecular weight is 434 g/mol. The zero-order valence-electron chi connectivity index (χ0n) is 15.8. The van der Waals surface area contributed by atoms with E-state index in [0.29, 0.717) is 32.1 Å². The molecule has 0 aliphatic carbocycles. The normalized spacial score (nSPS) is 14.8. The highest BCUT2D eigenvalue weighted by molar-refractivity contribution is 9.10. The van der Waals surface area contributed by atoms with Crippen LogP contribution in [0.1, 0.15) is 20.8 Å². The Morgan fingerprint density at radius 1 is 1.11 bits per heavy atom. The Morgan fingerprint density at radius 2 is 1.78 bits per heavy atom. The van der Waals surface area contributed by atoms with Gasteiger partial charge in [0.05, 0.1) is 0 Å². The molecule has 0 radical (unpaired) electrons. The lowest BCUT2D eigenvalue weighted by Crippen LogP contribution is -2.50. The standard InChI is InChI=1S/C19H24BrN5O2/c1-19(2,3)27-18(26)25-12-10-24(11-13-25)17-21-9-8-16(23-17)22-15-6-4-14(20)5-7-15/h4-9H,10-13H2,1-3H3,(H,21,22,23). The first-order chi connectivity index (χ1) is 12.8. The Kier molecular flexibility index (Phi) is 5.84. The number of hydrogen-bond acceptors (Lipinski definition) is 6. The number of benzene rings is 1. The van der Waals surface area contributed by atoms with Crippen molar-refractivity contribution in [3.63, 3.8) is 0 Å². The van der Waals surface area contributed by atoms with Gasteiger partial charge in [-0.3, -0.25) is 0 Å². The highest BCUT2D eigenvalue weighted by atomic mass is 79.9. The fraction of sp³-hybridized carbons (Fsp3) is 0.421. The van der Waals surface area contributed by atoms with Gasteiger partial charge in [-0.25, -0.2) is 9.78 Å². The summed E-state index contributed by atoms with van der Waals surface area (Å²) < 4.78 is 6.46. The van der Waals surface area contributed by atoms with Gasteiger partial charge in [-0.15, -0.1) is 0 Å². The van der Waals surface area contributed by atoms with Gasteiger partial charge in [0.15, 0.2) is 0 Å². The summed E-state index contributed by atoms with van der Waals surface area (Å²) >= 11 is 3.43. The minimum absolute atomic E-state index is 0.270. The van der Waals surface area contributed by atoms with E-state index in [-0.39, 0.29) is 6.09 Å². The second-order valence-corrected chi connectivity index (χ2v) is 8.24. The third-order valence-corrected chi connectivity index (χ3v) is 4.50. The largest absolute Gasteiger partial charge is 0.444 e. The summed E-state index contributed by atoms with van der Waals surface area (Å²) in [6.07, 6.45) is 1.47. The van der Waals surface area contributed by atoms with Gasteiger partial charge in [0, 0.05) is 42.5 Å². The molecule has 1 saturated heterocycles. The molecule has 0 spiro atoms. The van der Waals surface area contributed by atoms with Crippen LogP contribution in [-0.2, 0) is 4.74 Å². The number of hydrogen-bond donors (Lipinski definition) is 1. The topological polar surface area (TPSA) is 70.6 Å². The lowest BCUT2D eigenvalue weighted by Gasteiger charge is -2.35. The first-order valence-electron chi connectivity index (χ1n) is 8.89. The number of halogens is 1.